The average molecular weight is 1200 g/mol. The van der Waals surface area contributed by atoms with Crippen LogP contribution in [-0.4, -0.2) is 154 Å². The van der Waals surface area contributed by atoms with Crippen LogP contribution in [0.25, 0.3) is 0 Å². The number of halogens is 4. The smallest absolute Gasteiger partial charge is 0.322 e. The van der Waals surface area contributed by atoms with E-state index in [1.807, 2.05) is 0 Å². The maximum Gasteiger partial charge on any atom is 0.322 e. The van der Waals surface area contributed by atoms with Crippen molar-refractivity contribution in [1.82, 2.24) is 4.90 Å². The third-order valence-electron chi connectivity index (χ3n) is 9.91. The first-order valence-electron chi connectivity index (χ1n) is 20.7. The number of ether oxygens (including phenoxy) is 9. The second kappa shape index (κ2) is 23.5. The maximum atomic E-state index is 13.9. The van der Waals surface area contributed by atoms with Crippen molar-refractivity contribution >= 4 is 117 Å². The first-order chi connectivity index (χ1) is 30.0. The highest BCUT2D eigenvalue weighted by atomic mass is 79.9. The molecule has 2 bridgehead atoms. The molecule has 19 nitrogen and oxygen atoms in total. The minimum Gasteiger partial charge on any atom is -0.464 e. The second-order valence-corrected chi connectivity index (χ2v) is 26.7. The van der Waals surface area contributed by atoms with E-state index in [0.29, 0.717) is 0 Å². The van der Waals surface area contributed by atoms with Gasteiger partial charge in [-0.25, -0.2) is 0 Å². The van der Waals surface area contributed by atoms with Gasteiger partial charge in [-0.3, -0.25) is 48.1 Å². The predicted octanol–water partition coefficient (Wildman–Crippen LogP) is 4.85. The lowest BCUT2D eigenvalue weighted by atomic mass is 9.90. The Morgan fingerprint density at radius 2 is 0.803 bits per heavy atom. The molecule has 0 spiro atoms. The van der Waals surface area contributed by atoms with Gasteiger partial charge in [0.2, 0.25) is 5.91 Å². The van der Waals surface area contributed by atoms with Gasteiger partial charge in [-0.05, 0) is 82.2 Å². The molecule has 23 heteroatoms. The molecule has 1 saturated heterocycles. The number of esters is 7. The van der Waals surface area contributed by atoms with Crippen LogP contribution in [0.2, 0.25) is 0 Å². The molecule has 0 N–H and O–H groups in total. The molecule has 66 heavy (non-hydrogen) atoms. The quantitative estimate of drug-likeness (QED) is 0.0296. The van der Waals surface area contributed by atoms with Gasteiger partial charge in [-0.15, -0.1) is 0 Å². The Kier molecular flexibility index (Phi) is 21.1. The fourth-order valence-electron chi connectivity index (χ4n) is 5.25. The summed E-state index contributed by atoms with van der Waals surface area (Å²) in [6.07, 6.45) is 1.87. The van der Waals surface area contributed by atoms with Crippen LogP contribution < -0.4 is 0 Å². The van der Waals surface area contributed by atoms with E-state index in [-0.39, 0.29) is 19.8 Å². The summed E-state index contributed by atoms with van der Waals surface area (Å²) in [5, 5.41) is 0. The highest BCUT2D eigenvalue weighted by molar-refractivity contribution is 9.10. The van der Waals surface area contributed by atoms with Gasteiger partial charge in [-0.1, -0.05) is 76.7 Å². The van der Waals surface area contributed by atoms with E-state index in [4.69, 9.17) is 42.6 Å². The summed E-state index contributed by atoms with van der Waals surface area (Å²) in [6, 6.07) is 0. The molecule has 0 radical (unpaired) electrons. The molecule has 2 unspecified atom stereocenters. The third-order valence-corrected chi connectivity index (χ3v) is 11.2. The Morgan fingerprint density at radius 3 is 1.14 bits per heavy atom. The number of amides is 2. The number of hydrogen-bond donors (Lipinski definition) is 0. The number of carbonyl (C=O) groups is 9. The highest BCUT2D eigenvalue weighted by Crippen LogP contribution is 2.31. The Bertz CT molecular complexity index is 1710. The Labute approximate surface area is 418 Å². The highest BCUT2D eigenvalue weighted by Gasteiger charge is 2.47. The first-order valence-corrected chi connectivity index (χ1v) is 23.9. The van der Waals surface area contributed by atoms with Crippen LogP contribution >= 0.6 is 63.7 Å². The van der Waals surface area contributed by atoms with Crippen molar-refractivity contribution in [1.29, 1.82) is 0 Å². The molecule has 0 aromatic heterocycles. The molecule has 0 aliphatic carbocycles. The zero-order chi connectivity index (χ0) is 50.9. The molecule has 0 saturated carbocycles. The Balaban J connectivity index is 2.36. The molecule has 2 amide bonds. The van der Waals surface area contributed by atoms with Gasteiger partial charge in [0.25, 0.3) is 5.91 Å². The van der Waals surface area contributed by atoms with E-state index in [1.54, 1.807) is 19.1 Å². The number of fused-ring (bicyclic) bond motifs is 2. The number of carbonyl (C=O) groups excluding carboxylic acids is 9. The summed E-state index contributed by atoms with van der Waals surface area (Å²) in [5.74, 6) is -7.82. The zero-order valence-electron chi connectivity index (χ0n) is 39.3. The van der Waals surface area contributed by atoms with Crippen molar-refractivity contribution < 1.29 is 85.8 Å². The molecule has 0 aromatic carbocycles. The number of hydrogen-bond acceptors (Lipinski definition) is 18. The van der Waals surface area contributed by atoms with Crippen LogP contribution in [0, 0.1) is 22.2 Å². The molecular formula is C43H61Br4NO18. The Morgan fingerprint density at radius 1 is 0.485 bits per heavy atom. The Hall–Kier alpha value is -2.99. The van der Waals surface area contributed by atoms with Crippen molar-refractivity contribution in [3.8, 4) is 0 Å². The lowest BCUT2D eigenvalue weighted by Gasteiger charge is -2.33. The van der Waals surface area contributed by atoms with E-state index >= 15 is 0 Å². The lowest BCUT2D eigenvalue weighted by molar-refractivity contribution is -0.182. The third kappa shape index (κ3) is 17.2. The molecule has 2 aliphatic heterocycles. The van der Waals surface area contributed by atoms with E-state index in [9.17, 15) is 43.2 Å². The summed E-state index contributed by atoms with van der Waals surface area (Å²) in [5.41, 5.74) is -5.68. The molecule has 2 aliphatic rings. The summed E-state index contributed by atoms with van der Waals surface area (Å²) >= 11 is 12.8. The van der Waals surface area contributed by atoms with Gasteiger partial charge in [0, 0.05) is 0 Å². The summed E-state index contributed by atoms with van der Waals surface area (Å²) in [6.45, 7) is 12.6. The van der Waals surface area contributed by atoms with Crippen LogP contribution in [0.4, 0.5) is 0 Å². The molecule has 3 atom stereocenters. The first kappa shape index (κ1) is 59.1. The molecule has 0 aromatic rings. The van der Waals surface area contributed by atoms with Crippen molar-refractivity contribution in [2.75, 3.05) is 66.0 Å². The van der Waals surface area contributed by atoms with Crippen LogP contribution in [0.5, 0.6) is 0 Å². The van der Waals surface area contributed by atoms with Gasteiger partial charge in [0.15, 0.2) is 6.10 Å². The minimum atomic E-state index is -1.99. The van der Waals surface area contributed by atoms with Gasteiger partial charge >= 0.3 is 41.8 Å². The van der Waals surface area contributed by atoms with E-state index in [0.717, 1.165) is 4.90 Å². The second-order valence-electron chi connectivity index (χ2n) is 18.8. The minimum absolute atomic E-state index is 0.104. The van der Waals surface area contributed by atoms with Crippen molar-refractivity contribution in [2.45, 2.75) is 113 Å². The fraction of sp³-hybridized carbons (Fsp3) is 0.744. The number of nitrogens with zero attached hydrogens (tertiary/aromatic N) is 1. The average Bonchev–Trinajstić information content (AvgIpc) is 3.69. The van der Waals surface area contributed by atoms with Crippen molar-refractivity contribution in [3.05, 3.63) is 12.2 Å². The normalized spacial score (nSPS) is 18.2. The standard InChI is InChI=1S/C43H61Br4NO18/c1-25-26-13-14-27(66-26)29(50)48(28(25)49)15-16-58-17-18-59-34(55)41(10,23-64-35(56)42(11,19-60-30(51)37(2,3)44)20-61-31(52)38(4,5)45)24-65-36(57)43(12,21-62-32(53)39(6,7)46)22-63-33(54)40(8,9)47/h13-14,25-27H,15-24H2,1-12H3/t25-,26?,27?/m0/s1. The van der Waals surface area contributed by atoms with E-state index in [1.165, 1.54) is 76.2 Å². The fourth-order valence-corrected chi connectivity index (χ4v) is 5.71. The summed E-state index contributed by atoms with van der Waals surface area (Å²) in [4.78, 5) is 119. The van der Waals surface area contributed by atoms with E-state index in [2.05, 4.69) is 63.7 Å². The van der Waals surface area contributed by atoms with Crippen LogP contribution in [-0.2, 0) is 85.8 Å². The zero-order valence-corrected chi connectivity index (χ0v) is 45.6. The van der Waals surface area contributed by atoms with Crippen LogP contribution in [0.15, 0.2) is 12.2 Å². The van der Waals surface area contributed by atoms with Crippen LogP contribution in [0.1, 0.15) is 83.1 Å². The van der Waals surface area contributed by atoms with Crippen molar-refractivity contribution in [3.63, 3.8) is 0 Å². The molecular weight excluding hydrogens is 1140 g/mol. The predicted molar refractivity (Wildman–Crippen MR) is 248 cm³/mol. The molecule has 1 fully saturated rings. The van der Waals surface area contributed by atoms with E-state index < -0.39 is 152 Å². The monoisotopic (exact) mass is 1200 g/mol. The number of rotatable bonds is 25. The van der Waals surface area contributed by atoms with Gasteiger partial charge in [-0.2, -0.15) is 0 Å². The maximum absolute atomic E-state index is 13.9. The largest absolute Gasteiger partial charge is 0.464 e. The summed E-state index contributed by atoms with van der Waals surface area (Å²) < 4.78 is 45.0. The topological polar surface area (TPSA) is 240 Å². The van der Waals surface area contributed by atoms with Crippen LogP contribution in [0.3, 0.4) is 0 Å². The van der Waals surface area contributed by atoms with Gasteiger partial charge in [0.1, 0.15) is 79.8 Å². The molecule has 2 rings (SSSR count). The SMILES string of the molecule is C[C@@H]1C(=O)N(CCOCCOC(=O)C(C)(COC(=O)C(C)(COC(=O)C(C)(C)Br)COC(=O)C(C)(C)Br)COC(=O)C(C)(COC(=O)C(C)(C)Br)COC(=O)C(C)(C)Br)C(=O)C2C=CC1O2. The van der Waals surface area contributed by atoms with Crippen molar-refractivity contribution in [2.24, 2.45) is 22.2 Å². The van der Waals surface area contributed by atoms with Gasteiger partial charge < -0.3 is 42.6 Å². The summed E-state index contributed by atoms with van der Waals surface area (Å²) in [7, 11) is 0. The molecule has 2 heterocycles. The van der Waals surface area contributed by atoms with Gasteiger partial charge in [0.05, 0.1) is 31.8 Å². The number of alkyl halides is 4. The lowest BCUT2D eigenvalue weighted by Crippen LogP contribution is -2.47. The molecule has 374 valence electrons. The number of imide groups is 1.